The van der Waals surface area contributed by atoms with Gasteiger partial charge in [-0.25, -0.2) is 0 Å². The SMILES string of the molecule is CC(C)C1=c2c[c-]c3ccccc3c2=NCC1.[Y]. The van der Waals surface area contributed by atoms with Crippen LogP contribution in [0.1, 0.15) is 20.3 Å². The number of nitrogens with zero attached hydrogens (tertiary/aromatic N) is 1. The summed E-state index contributed by atoms with van der Waals surface area (Å²) in [5.74, 6) is 0.596. The van der Waals surface area contributed by atoms with Gasteiger partial charge in [-0.3, -0.25) is 0 Å². The van der Waals surface area contributed by atoms with E-state index in [1.807, 2.05) is 0 Å². The van der Waals surface area contributed by atoms with E-state index in [1.165, 1.54) is 26.9 Å². The van der Waals surface area contributed by atoms with Gasteiger partial charge in [0.2, 0.25) is 0 Å². The zero-order chi connectivity index (χ0) is 11.8. The standard InChI is InChI=1S/C16H16N.Y/c1-11(2)13-9-10-17-16-14-6-4-3-5-12(14)7-8-15(13)16;/h3-6,8,11H,9-10H2,1-2H3;/q-1;. The van der Waals surface area contributed by atoms with Crippen molar-refractivity contribution >= 4 is 16.3 Å². The van der Waals surface area contributed by atoms with Crippen molar-refractivity contribution in [3.8, 4) is 0 Å². The molecule has 0 N–H and O–H groups in total. The van der Waals surface area contributed by atoms with Crippen molar-refractivity contribution < 1.29 is 32.7 Å². The maximum Gasteiger partial charge on any atom is 0.0407 e. The molecule has 89 valence electrons. The van der Waals surface area contributed by atoms with Crippen LogP contribution < -0.4 is 10.6 Å². The smallest absolute Gasteiger partial charge is 0.0407 e. The number of fused-ring (bicyclic) bond motifs is 3. The molecule has 1 aliphatic rings. The zero-order valence-corrected chi connectivity index (χ0v) is 13.7. The summed E-state index contributed by atoms with van der Waals surface area (Å²) in [7, 11) is 0. The Balaban J connectivity index is 0.00000120. The van der Waals surface area contributed by atoms with Crippen LogP contribution in [0.15, 0.2) is 35.3 Å². The van der Waals surface area contributed by atoms with Gasteiger partial charge in [-0.15, -0.1) is 29.7 Å². The Hall–Kier alpha value is -0.526. The number of rotatable bonds is 1. The average Bonchev–Trinajstić information content (AvgIpc) is 2.37. The Morgan fingerprint density at radius 3 is 2.78 bits per heavy atom. The van der Waals surface area contributed by atoms with Gasteiger partial charge in [0.1, 0.15) is 0 Å². The van der Waals surface area contributed by atoms with Gasteiger partial charge in [-0.2, -0.15) is 0 Å². The number of hydrogen-bond donors (Lipinski definition) is 0. The van der Waals surface area contributed by atoms with Gasteiger partial charge in [-0.1, -0.05) is 42.2 Å². The van der Waals surface area contributed by atoms with Gasteiger partial charge in [-0.05, 0) is 17.7 Å². The Kier molecular flexibility index (Phi) is 4.34. The first kappa shape index (κ1) is 13.9. The van der Waals surface area contributed by atoms with Gasteiger partial charge in [0.05, 0.1) is 0 Å². The molecule has 1 aliphatic heterocycles. The first-order valence-electron chi connectivity index (χ1n) is 6.24. The molecular formula is C16H16NY-. The summed E-state index contributed by atoms with van der Waals surface area (Å²) in [6.07, 6.45) is 1.09. The van der Waals surface area contributed by atoms with Crippen molar-refractivity contribution in [2.24, 2.45) is 10.9 Å². The molecule has 1 heterocycles. The topological polar surface area (TPSA) is 12.4 Å². The van der Waals surface area contributed by atoms with Crippen molar-refractivity contribution in [2.45, 2.75) is 20.3 Å². The largest absolute Gasteiger partial charge is 0.304 e. The van der Waals surface area contributed by atoms with E-state index in [-0.39, 0.29) is 32.7 Å². The molecule has 0 saturated carbocycles. The van der Waals surface area contributed by atoms with Gasteiger partial charge in [0.15, 0.2) is 0 Å². The summed E-state index contributed by atoms with van der Waals surface area (Å²) in [6, 6.07) is 13.9. The normalized spacial score (nSPS) is 14.1. The molecule has 1 radical (unpaired) electrons. The monoisotopic (exact) mass is 311 g/mol. The van der Waals surface area contributed by atoms with Gasteiger partial charge >= 0.3 is 0 Å². The predicted octanol–water partition coefficient (Wildman–Crippen LogP) is 2.47. The Morgan fingerprint density at radius 1 is 1.22 bits per heavy atom. The van der Waals surface area contributed by atoms with Gasteiger partial charge in [0, 0.05) is 39.3 Å². The Morgan fingerprint density at radius 2 is 2.00 bits per heavy atom. The molecule has 2 aromatic carbocycles. The van der Waals surface area contributed by atoms with E-state index in [1.54, 1.807) is 0 Å². The van der Waals surface area contributed by atoms with E-state index < -0.39 is 0 Å². The van der Waals surface area contributed by atoms with Crippen LogP contribution in [0.3, 0.4) is 0 Å². The van der Waals surface area contributed by atoms with Crippen molar-refractivity contribution in [3.63, 3.8) is 0 Å². The van der Waals surface area contributed by atoms with E-state index >= 15 is 0 Å². The molecule has 2 aromatic rings. The summed E-state index contributed by atoms with van der Waals surface area (Å²) < 4.78 is 0. The van der Waals surface area contributed by atoms with E-state index in [0.29, 0.717) is 5.92 Å². The van der Waals surface area contributed by atoms with Crippen molar-refractivity contribution in [1.82, 2.24) is 0 Å². The number of hydrogen-bond acceptors (Lipinski definition) is 1. The molecule has 0 atom stereocenters. The van der Waals surface area contributed by atoms with Crippen LogP contribution in [0.2, 0.25) is 0 Å². The molecule has 2 heteroatoms. The molecule has 0 spiro atoms. The maximum atomic E-state index is 4.71. The van der Waals surface area contributed by atoms with Gasteiger partial charge in [0.25, 0.3) is 0 Å². The van der Waals surface area contributed by atoms with Crippen LogP contribution >= 0.6 is 0 Å². The third-order valence-corrected chi connectivity index (χ3v) is 3.50. The minimum atomic E-state index is 0. The maximum absolute atomic E-state index is 4.71. The Bertz CT molecular complexity index is 686. The summed E-state index contributed by atoms with van der Waals surface area (Å²) in [6.45, 7) is 5.45. The molecule has 0 aromatic heterocycles. The van der Waals surface area contributed by atoms with E-state index in [4.69, 9.17) is 4.99 Å². The van der Waals surface area contributed by atoms with Crippen LogP contribution in [0.5, 0.6) is 0 Å². The van der Waals surface area contributed by atoms with Crippen molar-refractivity contribution in [1.29, 1.82) is 0 Å². The molecule has 0 saturated heterocycles. The summed E-state index contributed by atoms with van der Waals surface area (Å²) in [5.41, 5.74) is 1.53. The van der Waals surface area contributed by atoms with E-state index in [9.17, 15) is 0 Å². The second kappa shape index (κ2) is 5.63. The molecule has 0 aliphatic carbocycles. The van der Waals surface area contributed by atoms with Crippen molar-refractivity contribution in [3.05, 3.63) is 47.0 Å². The molecule has 18 heavy (non-hydrogen) atoms. The second-order valence-electron chi connectivity index (χ2n) is 4.91. The summed E-state index contributed by atoms with van der Waals surface area (Å²) >= 11 is 0. The summed E-state index contributed by atoms with van der Waals surface area (Å²) in [5, 5.41) is 4.89. The first-order valence-corrected chi connectivity index (χ1v) is 6.24. The fourth-order valence-electron chi connectivity index (χ4n) is 2.62. The third kappa shape index (κ3) is 2.31. The number of benzene rings is 2. The molecule has 1 nitrogen and oxygen atoms in total. The van der Waals surface area contributed by atoms with E-state index in [2.05, 4.69) is 50.2 Å². The molecule has 0 fully saturated rings. The minimum absolute atomic E-state index is 0. The molecule has 0 unspecified atom stereocenters. The average molecular weight is 311 g/mol. The molecular weight excluding hydrogens is 295 g/mol. The molecule has 0 bridgehead atoms. The fourth-order valence-corrected chi connectivity index (χ4v) is 2.62. The van der Waals surface area contributed by atoms with Gasteiger partial charge < -0.3 is 4.99 Å². The molecule has 3 rings (SSSR count). The second-order valence-corrected chi connectivity index (χ2v) is 4.91. The van der Waals surface area contributed by atoms with Crippen LogP contribution in [-0.2, 0) is 32.7 Å². The van der Waals surface area contributed by atoms with Crippen LogP contribution in [0.25, 0.3) is 16.3 Å². The zero-order valence-electron chi connectivity index (χ0n) is 10.9. The van der Waals surface area contributed by atoms with Crippen LogP contribution in [0.4, 0.5) is 0 Å². The predicted molar refractivity (Wildman–Crippen MR) is 71.3 cm³/mol. The third-order valence-electron chi connectivity index (χ3n) is 3.50. The molecule has 0 amide bonds. The minimum Gasteiger partial charge on any atom is -0.304 e. The van der Waals surface area contributed by atoms with Crippen LogP contribution in [-0.4, -0.2) is 6.54 Å². The quantitative estimate of drug-likeness (QED) is 0.718. The Labute approximate surface area is 133 Å². The van der Waals surface area contributed by atoms with E-state index in [0.717, 1.165) is 13.0 Å². The van der Waals surface area contributed by atoms with Crippen LogP contribution in [0, 0.1) is 12.0 Å². The summed E-state index contributed by atoms with van der Waals surface area (Å²) in [4.78, 5) is 4.71. The first-order chi connectivity index (χ1) is 8.27. The fraction of sp³-hybridized carbons (Fsp3) is 0.312. The van der Waals surface area contributed by atoms with Crippen molar-refractivity contribution in [2.75, 3.05) is 6.54 Å².